The van der Waals surface area contributed by atoms with Crippen molar-refractivity contribution in [3.8, 4) is 0 Å². The van der Waals surface area contributed by atoms with Crippen molar-refractivity contribution in [3.63, 3.8) is 0 Å². The van der Waals surface area contributed by atoms with Crippen LogP contribution in [0.2, 0.25) is 0 Å². The minimum Gasteiger partial charge on any atom is -0.381 e. The predicted octanol–water partition coefficient (Wildman–Crippen LogP) is 2.42. The minimum absolute atomic E-state index is 0.308. The first-order valence-electron chi connectivity index (χ1n) is 5.79. The van der Waals surface area contributed by atoms with Gasteiger partial charge >= 0.3 is 0 Å². The number of methoxy groups -OCH3 is 1. The standard InChI is InChI=1S/C12H20O2/c1-8-4-3-5-9-11(14-2)7-6-10(13)12(8)9/h8-9,11-12H,3-7H2,1-2H3. The van der Waals surface area contributed by atoms with Crippen molar-refractivity contribution in [1.82, 2.24) is 0 Å². The number of hydrogen-bond donors (Lipinski definition) is 0. The minimum atomic E-state index is 0.308. The van der Waals surface area contributed by atoms with Crippen LogP contribution in [0.15, 0.2) is 0 Å². The fourth-order valence-corrected chi connectivity index (χ4v) is 3.39. The lowest BCUT2D eigenvalue weighted by atomic mass is 9.64. The number of Topliss-reactive ketones (excluding diaryl/α,β-unsaturated/α-hetero) is 1. The molecule has 0 aromatic carbocycles. The predicted molar refractivity (Wildman–Crippen MR) is 55.0 cm³/mol. The molecule has 2 fully saturated rings. The summed E-state index contributed by atoms with van der Waals surface area (Å²) < 4.78 is 5.51. The fourth-order valence-electron chi connectivity index (χ4n) is 3.39. The van der Waals surface area contributed by atoms with E-state index in [0.717, 1.165) is 12.8 Å². The largest absolute Gasteiger partial charge is 0.381 e. The van der Waals surface area contributed by atoms with Crippen LogP contribution in [0.25, 0.3) is 0 Å². The van der Waals surface area contributed by atoms with Crippen LogP contribution in [0.1, 0.15) is 39.0 Å². The van der Waals surface area contributed by atoms with Crippen molar-refractivity contribution in [2.75, 3.05) is 7.11 Å². The van der Waals surface area contributed by atoms with Crippen molar-refractivity contribution in [2.45, 2.75) is 45.1 Å². The zero-order chi connectivity index (χ0) is 10.1. The Hall–Kier alpha value is -0.370. The van der Waals surface area contributed by atoms with Crippen molar-refractivity contribution in [2.24, 2.45) is 17.8 Å². The molecule has 0 aromatic rings. The summed E-state index contributed by atoms with van der Waals surface area (Å²) in [5.41, 5.74) is 0. The lowest BCUT2D eigenvalue weighted by Crippen LogP contribution is -2.44. The molecule has 0 amide bonds. The summed E-state index contributed by atoms with van der Waals surface area (Å²) in [5.74, 6) is 1.90. The molecular weight excluding hydrogens is 176 g/mol. The Morgan fingerprint density at radius 1 is 1.29 bits per heavy atom. The number of ether oxygens (including phenoxy) is 1. The van der Waals surface area contributed by atoms with Crippen LogP contribution in [0.4, 0.5) is 0 Å². The number of carbonyl (C=O) groups is 1. The van der Waals surface area contributed by atoms with Gasteiger partial charge in [-0.1, -0.05) is 13.3 Å². The second-order valence-electron chi connectivity index (χ2n) is 4.88. The Labute approximate surface area is 86.0 Å². The molecule has 4 atom stereocenters. The van der Waals surface area contributed by atoms with Crippen LogP contribution in [0.3, 0.4) is 0 Å². The van der Waals surface area contributed by atoms with E-state index in [4.69, 9.17) is 4.74 Å². The quantitative estimate of drug-likeness (QED) is 0.643. The van der Waals surface area contributed by atoms with E-state index >= 15 is 0 Å². The summed E-state index contributed by atoms with van der Waals surface area (Å²) in [6, 6.07) is 0. The normalized spacial score (nSPS) is 43.4. The molecule has 0 bridgehead atoms. The Morgan fingerprint density at radius 2 is 2.07 bits per heavy atom. The first kappa shape index (κ1) is 10.2. The maximum atomic E-state index is 11.8. The van der Waals surface area contributed by atoms with E-state index in [1.165, 1.54) is 19.3 Å². The third-order valence-corrected chi connectivity index (χ3v) is 4.10. The maximum absolute atomic E-state index is 11.8. The van der Waals surface area contributed by atoms with E-state index < -0.39 is 0 Å². The van der Waals surface area contributed by atoms with E-state index in [2.05, 4.69) is 6.92 Å². The van der Waals surface area contributed by atoms with E-state index in [1.54, 1.807) is 7.11 Å². The molecule has 0 saturated heterocycles. The number of rotatable bonds is 1. The van der Waals surface area contributed by atoms with Crippen LogP contribution in [0.5, 0.6) is 0 Å². The van der Waals surface area contributed by atoms with Gasteiger partial charge in [-0.2, -0.15) is 0 Å². The third kappa shape index (κ3) is 1.60. The molecule has 2 heteroatoms. The summed E-state index contributed by atoms with van der Waals surface area (Å²) in [6.07, 6.45) is 5.73. The molecule has 14 heavy (non-hydrogen) atoms. The highest BCUT2D eigenvalue weighted by molar-refractivity contribution is 5.82. The van der Waals surface area contributed by atoms with E-state index in [-0.39, 0.29) is 0 Å². The van der Waals surface area contributed by atoms with Gasteiger partial charge in [0.25, 0.3) is 0 Å². The Kier molecular flexibility index (Phi) is 2.91. The molecule has 4 unspecified atom stereocenters. The first-order valence-corrected chi connectivity index (χ1v) is 5.79. The van der Waals surface area contributed by atoms with Crippen molar-refractivity contribution in [3.05, 3.63) is 0 Å². The van der Waals surface area contributed by atoms with Gasteiger partial charge in [0.1, 0.15) is 5.78 Å². The second kappa shape index (κ2) is 4.01. The van der Waals surface area contributed by atoms with Crippen LogP contribution in [-0.4, -0.2) is 19.0 Å². The van der Waals surface area contributed by atoms with Gasteiger partial charge in [0.15, 0.2) is 0 Å². The SMILES string of the molecule is COC1CCC(=O)C2C(C)CCCC12. The molecule has 0 N–H and O–H groups in total. The Balaban J connectivity index is 2.16. The van der Waals surface area contributed by atoms with Crippen molar-refractivity contribution < 1.29 is 9.53 Å². The lowest BCUT2D eigenvalue weighted by molar-refractivity contribution is -0.137. The highest BCUT2D eigenvalue weighted by atomic mass is 16.5. The monoisotopic (exact) mass is 196 g/mol. The smallest absolute Gasteiger partial charge is 0.136 e. The van der Waals surface area contributed by atoms with E-state index in [9.17, 15) is 4.79 Å². The van der Waals surface area contributed by atoms with Gasteiger partial charge in [0, 0.05) is 19.4 Å². The van der Waals surface area contributed by atoms with Gasteiger partial charge in [-0.05, 0) is 31.1 Å². The zero-order valence-electron chi connectivity index (χ0n) is 9.16. The van der Waals surface area contributed by atoms with Crippen LogP contribution < -0.4 is 0 Å². The molecule has 0 aromatic heterocycles. The summed E-state index contributed by atoms with van der Waals surface area (Å²) in [4.78, 5) is 11.8. The van der Waals surface area contributed by atoms with Gasteiger partial charge < -0.3 is 4.74 Å². The average Bonchev–Trinajstić information content (AvgIpc) is 2.18. The topological polar surface area (TPSA) is 26.3 Å². The van der Waals surface area contributed by atoms with Crippen molar-refractivity contribution in [1.29, 1.82) is 0 Å². The number of fused-ring (bicyclic) bond motifs is 1. The summed E-state index contributed by atoms with van der Waals surface area (Å²) in [6.45, 7) is 2.23. The van der Waals surface area contributed by atoms with E-state index in [0.29, 0.717) is 29.6 Å². The van der Waals surface area contributed by atoms with Gasteiger partial charge in [-0.3, -0.25) is 4.79 Å². The highest BCUT2D eigenvalue weighted by Gasteiger charge is 2.43. The first-order chi connectivity index (χ1) is 6.74. The van der Waals surface area contributed by atoms with Crippen LogP contribution >= 0.6 is 0 Å². The van der Waals surface area contributed by atoms with Crippen LogP contribution in [-0.2, 0) is 9.53 Å². The molecule has 0 spiro atoms. The summed E-state index contributed by atoms with van der Waals surface area (Å²) >= 11 is 0. The molecule has 2 aliphatic carbocycles. The van der Waals surface area contributed by atoms with Gasteiger partial charge in [-0.25, -0.2) is 0 Å². The summed E-state index contributed by atoms with van der Waals surface area (Å²) in [7, 11) is 1.79. The average molecular weight is 196 g/mol. The molecule has 0 aliphatic heterocycles. The molecule has 2 rings (SSSR count). The molecule has 2 saturated carbocycles. The molecule has 0 heterocycles. The Morgan fingerprint density at radius 3 is 2.79 bits per heavy atom. The number of hydrogen-bond acceptors (Lipinski definition) is 2. The summed E-state index contributed by atoms with van der Waals surface area (Å²) in [5, 5.41) is 0. The molecular formula is C12H20O2. The van der Waals surface area contributed by atoms with Gasteiger partial charge in [-0.15, -0.1) is 0 Å². The molecule has 2 aliphatic rings. The Bertz CT molecular complexity index is 224. The number of ketones is 1. The third-order valence-electron chi connectivity index (χ3n) is 4.10. The molecule has 2 nitrogen and oxygen atoms in total. The molecule has 80 valence electrons. The molecule has 0 radical (unpaired) electrons. The van der Waals surface area contributed by atoms with E-state index in [1.807, 2.05) is 0 Å². The fraction of sp³-hybridized carbons (Fsp3) is 0.917. The highest BCUT2D eigenvalue weighted by Crippen LogP contribution is 2.42. The lowest BCUT2D eigenvalue weighted by Gasteiger charge is -2.42. The van der Waals surface area contributed by atoms with Crippen molar-refractivity contribution >= 4 is 5.78 Å². The zero-order valence-corrected chi connectivity index (χ0v) is 9.16. The van der Waals surface area contributed by atoms with Crippen LogP contribution in [0, 0.1) is 17.8 Å². The maximum Gasteiger partial charge on any atom is 0.136 e. The number of carbonyl (C=O) groups excluding carboxylic acids is 1. The van der Waals surface area contributed by atoms with Gasteiger partial charge in [0.05, 0.1) is 6.10 Å². The van der Waals surface area contributed by atoms with Gasteiger partial charge in [0.2, 0.25) is 0 Å². The second-order valence-corrected chi connectivity index (χ2v) is 4.88.